The van der Waals surface area contributed by atoms with Gasteiger partial charge < -0.3 is 10.2 Å². The van der Waals surface area contributed by atoms with E-state index in [-0.39, 0.29) is 0 Å². The van der Waals surface area contributed by atoms with Gasteiger partial charge in [0.25, 0.3) is 0 Å². The Hall–Kier alpha value is -1.64. The summed E-state index contributed by atoms with van der Waals surface area (Å²) in [4.78, 5) is 0. The summed E-state index contributed by atoms with van der Waals surface area (Å²) in [6.07, 6.45) is 16.1. The Labute approximate surface area is 195 Å². The van der Waals surface area contributed by atoms with Gasteiger partial charge in [-0.15, -0.1) is 0 Å². The van der Waals surface area contributed by atoms with Crippen molar-refractivity contribution in [3.05, 3.63) is 70.8 Å². The summed E-state index contributed by atoms with van der Waals surface area (Å²) < 4.78 is 0. The van der Waals surface area contributed by atoms with Crippen LogP contribution in [-0.4, -0.2) is 10.2 Å². The molecule has 0 saturated heterocycles. The standard InChI is InChI=1S/C30H42O2/c31-29(27-21-13-11-19-25(27)23-15-7-3-1-4-8-16-23)30(32)28-22-14-12-20-26(28)24-17-9-5-2-6-10-18-24/h11-14,19-24,29-32H,1-10,15-18H2/t29-,30-/m1/s1. The fourth-order valence-electron chi connectivity index (χ4n) is 6.18. The molecule has 2 saturated carbocycles. The molecule has 0 aromatic heterocycles. The molecule has 2 aromatic carbocycles. The number of hydrogen-bond acceptors (Lipinski definition) is 2. The summed E-state index contributed by atoms with van der Waals surface area (Å²) in [7, 11) is 0. The molecular formula is C30H42O2. The Kier molecular flexibility index (Phi) is 8.82. The van der Waals surface area contributed by atoms with Crippen LogP contribution in [0.4, 0.5) is 0 Å². The van der Waals surface area contributed by atoms with Crippen molar-refractivity contribution >= 4 is 0 Å². The number of aliphatic hydroxyl groups excluding tert-OH is 2. The first-order valence-electron chi connectivity index (χ1n) is 13.3. The van der Waals surface area contributed by atoms with E-state index in [1.54, 1.807) is 0 Å². The van der Waals surface area contributed by atoms with E-state index in [4.69, 9.17) is 0 Å². The molecule has 32 heavy (non-hydrogen) atoms. The van der Waals surface area contributed by atoms with E-state index in [9.17, 15) is 10.2 Å². The lowest BCUT2D eigenvalue weighted by atomic mass is 9.79. The summed E-state index contributed by atoms with van der Waals surface area (Å²) >= 11 is 0. The van der Waals surface area contributed by atoms with Crippen LogP contribution in [0.5, 0.6) is 0 Å². The number of rotatable bonds is 5. The third-order valence-electron chi connectivity index (χ3n) is 8.02. The van der Waals surface area contributed by atoms with Crippen molar-refractivity contribution in [1.29, 1.82) is 0 Å². The van der Waals surface area contributed by atoms with E-state index < -0.39 is 12.2 Å². The van der Waals surface area contributed by atoms with Crippen LogP contribution in [0.3, 0.4) is 0 Å². The maximum Gasteiger partial charge on any atom is 0.109 e. The molecule has 2 heteroatoms. The van der Waals surface area contributed by atoms with E-state index in [0.29, 0.717) is 11.8 Å². The van der Waals surface area contributed by atoms with Crippen LogP contribution in [0, 0.1) is 0 Å². The SMILES string of the molecule is O[C@H](c1ccccc1C1CCCCCCC1)[C@H](O)c1ccccc1C1CCCCCCC1. The third-order valence-corrected chi connectivity index (χ3v) is 8.02. The largest absolute Gasteiger partial charge is 0.385 e. The van der Waals surface area contributed by atoms with Gasteiger partial charge in [-0.3, -0.25) is 0 Å². The predicted octanol–water partition coefficient (Wildman–Crippen LogP) is 8.11. The lowest BCUT2D eigenvalue weighted by molar-refractivity contribution is 0.0156. The predicted molar refractivity (Wildman–Crippen MR) is 133 cm³/mol. The highest BCUT2D eigenvalue weighted by Crippen LogP contribution is 2.41. The second-order valence-electron chi connectivity index (χ2n) is 10.2. The molecule has 2 N–H and O–H groups in total. The summed E-state index contributed by atoms with van der Waals surface area (Å²) in [5, 5.41) is 22.9. The van der Waals surface area contributed by atoms with Crippen LogP contribution in [0.15, 0.2) is 48.5 Å². The molecule has 0 heterocycles. The van der Waals surface area contributed by atoms with Gasteiger partial charge in [0.1, 0.15) is 12.2 Å². The van der Waals surface area contributed by atoms with Crippen molar-refractivity contribution in [3.63, 3.8) is 0 Å². The highest BCUT2D eigenvalue weighted by atomic mass is 16.3. The van der Waals surface area contributed by atoms with Crippen molar-refractivity contribution in [2.75, 3.05) is 0 Å². The van der Waals surface area contributed by atoms with Gasteiger partial charge in [0.15, 0.2) is 0 Å². The molecule has 0 amide bonds. The summed E-state index contributed by atoms with van der Waals surface area (Å²) in [6, 6.07) is 16.7. The van der Waals surface area contributed by atoms with E-state index in [1.807, 2.05) is 24.3 Å². The molecular weight excluding hydrogens is 392 g/mol. The van der Waals surface area contributed by atoms with Gasteiger partial charge in [-0.2, -0.15) is 0 Å². The molecule has 2 aromatic rings. The average Bonchev–Trinajstić information content (AvgIpc) is 2.78. The fraction of sp³-hybridized carbons (Fsp3) is 0.600. The van der Waals surface area contributed by atoms with Gasteiger partial charge in [-0.1, -0.05) is 113 Å². The molecule has 0 aliphatic heterocycles. The topological polar surface area (TPSA) is 40.5 Å². The van der Waals surface area contributed by atoms with Crippen molar-refractivity contribution < 1.29 is 10.2 Å². The molecule has 0 unspecified atom stereocenters. The van der Waals surface area contributed by atoms with Crippen LogP contribution < -0.4 is 0 Å². The molecule has 0 bridgehead atoms. The fourth-order valence-corrected chi connectivity index (χ4v) is 6.18. The Morgan fingerprint density at radius 1 is 0.469 bits per heavy atom. The Morgan fingerprint density at radius 2 is 0.781 bits per heavy atom. The Balaban J connectivity index is 1.59. The number of benzene rings is 2. The van der Waals surface area contributed by atoms with E-state index >= 15 is 0 Å². The van der Waals surface area contributed by atoms with Gasteiger partial charge in [-0.25, -0.2) is 0 Å². The van der Waals surface area contributed by atoms with Gasteiger partial charge in [-0.05, 0) is 59.8 Å². The first-order chi connectivity index (χ1) is 15.8. The maximum absolute atomic E-state index is 11.5. The molecule has 0 spiro atoms. The molecule has 2 aliphatic rings. The lowest BCUT2D eigenvalue weighted by Gasteiger charge is -2.29. The molecule has 2 nitrogen and oxygen atoms in total. The zero-order valence-electron chi connectivity index (χ0n) is 19.7. The molecule has 4 rings (SSSR count). The zero-order chi connectivity index (χ0) is 22.2. The van der Waals surface area contributed by atoms with Crippen LogP contribution in [0.25, 0.3) is 0 Å². The summed E-state index contributed by atoms with van der Waals surface area (Å²) in [5.41, 5.74) is 4.37. The Morgan fingerprint density at radius 3 is 1.16 bits per heavy atom. The van der Waals surface area contributed by atoms with Crippen molar-refractivity contribution in [1.82, 2.24) is 0 Å². The van der Waals surface area contributed by atoms with E-state index in [0.717, 1.165) is 11.1 Å². The minimum absolute atomic E-state index is 0.495. The molecule has 2 aliphatic carbocycles. The van der Waals surface area contributed by atoms with Crippen molar-refractivity contribution in [2.45, 2.75) is 114 Å². The maximum atomic E-state index is 11.5. The Bertz CT molecular complexity index is 744. The van der Waals surface area contributed by atoms with Crippen LogP contribution in [0.2, 0.25) is 0 Å². The normalized spacial score (nSPS) is 21.7. The summed E-state index contributed by atoms with van der Waals surface area (Å²) in [6.45, 7) is 0. The monoisotopic (exact) mass is 434 g/mol. The third kappa shape index (κ3) is 5.83. The lowest BCUT2D eigenvalue weighted by Crippen LogP contribution is -2.17. The van der Waals surface area contributed by atoms with Gasteiger partial charge >= 0.3 is 0 Å². The van der Waals surface area contributed by atoms with Gasteiger partial charge in [0.05, 0.1) is 0 Å². The molecule has 0 radical (unpaired) electrons. The smallest absolute Gasteiger partial charge is 0.109 e. The quantitative estimate of drug-likeness (QED) is 0.499. The minimum atomic E-state index is -0.883. The highest BCUT2D eigenvalue weighted by molar-refractivity contribution is 5.38. The minimum Gasteiger partial charge on any atom is -0.385 e. The van der Waals surface area contributed by atoms with Crippen molar-refractivity contribution in [3.8, 4) is 0 Å². The molecule has 2 fully saturated rings. The van der Waals surface area contributed by atoms with Crippen LogP contribution in [0.1, 0.15) is 136 Å². The van der Waals surface area contributed by atoms with Crippen molar-refractivity contribution in [2.24, 2.45) is 0 Å². The first kappa shape index (κ1) is 23.5. The number of hydrogen-bond donors (Lipinski definition) is 2. The van der Waals surface area contributed by atoms with Crippen LogP contribution >= 0.6 is 0 Å². The first-order valence-corrected chi connectivity index (χ1v) is 13.3. The van der Waals surface area contributed by atoms with Crippen LogP contribution in [-0.2, 0) is 0 Å². The molecule has 2 atom stereocenters. The number of aliphatic hydroxyl groups is 2. The van der Waals surface area contributed by atoms with Gasteiger partial charge in [0.2, 0.25) is 0 Å². The highest BCUT2D eigenvalue weighted by Gasteiger charge is 2.28. The molecule has 174 valence electrons. The summed E-state index contributed by atoms with van der Waals surface area (Å²) in [5.74, 6) is 0.989. The van der Waals surface area contributed by atoms with E-state index in [1.165, 1.54) is 101 Å². The van der Waals surface area contributed by atoms with E-state index in [2.05, 4.69) is 24.3 Å². The average molecular weight is 435 g/mol. The zero-order valence-corrected chi connectivity index (χ0v) is 19.7. The second kappa shape index (κ2) is 12.0. The van der Waals surface area contributed by atoms with Gasteiger partial charge in [0, 0.05) is 0 Å². The second-order valence-corrected chi connectivity index (χ2v) is 10.2.